The van der Waals surface area contributed by atoms with Gasteiger partial charge in [0.05, 0.1) is 24.7 Å². The molecule has 4 fully saturated rings. The van der Waals surface area contributed by atoms with Gasteiger partial charge in [-0.05, 0) is 80.9 Å². The molecule has 4 aliphatic carbocycles. The van der Waals surface area contributed by atoms with Crippen molar-refractivity contribution in [2.75, 3.05) is 32.2 Å². The van der Waals surface area contributed by atoms with Crippen LogP contribution in [0.5, 0.6) is 0 Å². The second-order valence-electron chi connectivity index (χ2n) is 13.0. The van der Waals surface area contributed by atoms with Crippen LogP contribution in [0.4, 0.5) is 5.69 Å². The van der Waals surface area contributed by atoms with Crippen molar-refractivity contribution in [2.24, 2.45) is 17.3 Å². The van der Waals surface area contributed by atoms with Gasteiger partial charge in [0.25, 0.3) is 0 Å². The number of nitrogens with zero attached hydrogens (tertiary/aromatic N) is 1. The van der Waals surface area contributed by atoms with Crippen molar-refractivity contribution < 1.29 is 28.9 Å². The number of ketones is 1. The van der Waals surface area contributed by atoms with E-state index in [9.17, 15) is 14.7 Å². The molecule has 6 atom stereocenters. The van der Waals surface area contributed by atoms with E-state index in [1.54, 1.807) is 6.92 Å². The number of Topliss-reactive ketones (excluding diaryl/α,β-unsaturated/α-hetero) is 1. The number of anilines is 1. The smallest absolute Gasteiger partial charge is 0.303 e. The SMILES string of the molecule is CC(=O)O[C@]1(C(C)=O)CC[C@H]2[C@@H]3CC[C@]4(O)C(=C3CC[C@@]21C)CCC1(OCCO1)C4c1ccccc1N(C)C. The lowest BCUT2D eigenvalue weighted by atomic mass is 9.51. The molecule has 0 bridgehead atoms. The Morgan fingerprint density at radius 1 is 1.00 bits per heavy atom. The van der Waals surface area contributed by atoms with Crippen molar-refractivity contribution in [3.63, 3.8) is 0 Å². The van der Waals surface area contributed by atoms with Crippen LogP contribution in [0.25, 0.3) is 0 Å². The molecule has 0 aromatic heterocycles. The molecule has 1 aromatic rings. The van der Waals surface area contributed by atoms with Crippen LogP contribution in [0, 0.1) is 17.3 Å². The monoisotopic (exact) mass is 537 g/mol. The zero-order valence-corrected chi connectivity index (χ0v) is 24.0. The Labute approximate surface area is 231 Å². The number of carbonyl (C=O) groups is 2. The molecule has 7 nitrogen and oxygen atoms in total. The Morgan fingerprint density at radius 2 is 1.72 bits per heavy atom. The third kappa shape index (κ3) is 3.65. The van der Waals surface area contributed by atoms with Crippen LogP contribution in [-0.4, -0.2) is 61.2 Å². The Balaban J connectivity index is 1.45. The minimum Gasteiger partial charge on any atom is -0.451 e. The molecule has 1 saturated heterocycles. The van der Waals surface area contributed by atoms with Gasteiger partial charge >= 0.3 is 5.97 Å². The van der Waals surface area contributed by atoms with Gasteiger partial charge in [-0.2, -0.15) is 0 Å². The first-order chi connectivity index (χ1) is 18.5. The number of allylic oxidation sites excluding steroid dienone is 1. The van der Waals surface area contributed by atoms with Crippen LogP contribution in [-0.2, 0) is 23.8 Å². The quantitative estimate of drug-likeness (QED) is 0.431. The van der Waals surface area contributed by atoms with Crippen LogP contribution in [0.15, 0.2) is 35.4 Å². The Morgan fingerprint density at radius 3 is 2.38 bits per heavy atom. The molecule has 212 valence electrons. The number of esters is 1. The van der Waals surface area contributed by atoms with Gasteiger partial charge < -0.3 is 24.2 Å². The summed E-state index contributed by atoms with van der Waals surface area (Å²) in [6, 6.07) is 8.31. The molecule has 1 aliphatic heterocycles. The maximum atomic E-state index is 13.1. The number of para-hydroxylation sites is 1. The second kappa shape index (κ2) is 9.15. The molecule has 1 heterocycles. The van der Waals surface area contributed by atoms with Crippen molar-refractivity contribution >= 4 is 17.4 Å². The van der Waals surface area contributed by atoms with Crippen molar-refractivity contribution in [3.05, 3.63) is 41.0 Å². The third-order valence-electron chi connectivity index (χ3n) is 11.2. The van der Waals surface area contributed by atoms with Crippen LogP contribution >= 0.6 is 0 Å². The molecule has 6 rings (SSSR count). The van der Waals surface area contributed by atoms with E-state index in [4.69, 9.17) is 14.2 Å². The summed E-state index contributed by atoms with van der Waals surface area (Å²) in [6.07, 6.45) is 5.91. The zero-order valence-electron chi connectivity index (χ0n) is 24.0. The van der Waals surface area contributed by atoms with Gasteiger partial charge in [-0.1, -0.05) is 30.7 Å². The first kappa shape index (κ1) is 27.0. The number of rotatable bonds is 4. The van der Waals surface area contributed by atoms with Crippen LogP contribution in [0.1, 0.15) is 83.6 Å². The highest BCUT2D eigenvalue weighted by molar-refractivity contribution is 5.89. The fraction of sp³-hybridized carbons (Fsp3) is 0.688. The molecule has 1 N–H and O–H groups in total. The summed E-state index contributed by atoms with van der Waals surface area (Å²) < 4.78 is 18.7. The zero-order chi connectivity index (χ0) is 27.8. The average Bonchev–Trinajstić information content (AvgIpc) is 3.46. The molecular formula is C32H43NO6. The highest BCUT2D eigenvalue weighted by Crippen LogP contribution is 2.67. The molecule has 0 radical (unpaired) electrons. The summed E-state index contributed by atoms with van der Waals surface area (Å²) in [7, 11) is 4.08. The lowest BCUT2D eigenvalue weighted by Crippen LogP contribution is -2.60. The largest absolute Gasteiger partial charge is 0.451 e. The number of hydrogen-bond acceptors (Lipinski definition) is 7. The first-order valence-corrected chi connectivity index (χ1v) is 14.7. The number of benzene rings is 1. The molecule has 7 heteroatoms. The summed E-state index contributed by atoms with van der Waals surface area (Å²) in [5.41, 5.74) is 2.14. The molecule has 1 unspecified atom stereocenters. The van der Waals surface area contributed by atoms with Gasteiger partial charge in [0.2, 0.25) is 0 Å². The standard InChI is InChI=1S/C32H43NO6/c1-20(34)31(39-21(2)35)16-12-25-22-11-15-30(36)26(23(22)10-14-29(25,31)3)13-17-32(37-18-19-38-32)28(30)24-8-6-7-9-27(24)33(4)5/h6-9,22,25,28,36H,10-19H2,1-5H3/t22-,25+,28?,29+,30+,31+/m1/s1. The Bertz CT molecular complexity index is 1220. The van der Waals surface area contributed by atoms with E-state index < -0.39 is 22.4 Å². The van der Waals surface area contributed by atoms with Crippen molar-refractivity contribution in [1.29, 1.82) is 0 Å². The fourth-order valence-corrected chi connectivity index (χ4v) is 9.65. The van der Waals surface area contributed by atoms with Crippen molar-refractivity contribution in [2.45, 2.75) is 95.0 Å². The lowest BCUT2D eigenvalue weighted by Gasteiger charge is -2.58. The summed E-state index contributed by atoms with van der Waals surface area (Å²) in [5.74, 6) is -1.08. The Kier molecular flexibility index (Phi) is 6.33. The minimum absolute atomic E-state index is 0.0402. The number of fused-ring (bicyclic) bond motifs is 4. The summed E-state index contributed by atoms with van der Waals surface area (Å²) >= 11 is 0. The van der Waals surface area contributed by atoms with Gasteiger partial charge in [0.15, 0.2) is 17.2 Å². The normalized spacial score (nSPS) is 38.7. The summed E-state index contributed by atoms with van der Waals surface area (Å²) in [6.45, 7) is 6.24. The summed E-state index contributed by atoms with van der Waals surface area (Å²) in [4.78, 5) is 27.3. The van der Waals surface area contributed by atoms with Gasteiger partial charge in [-0.25, -0.2) is 0 Å². The third-order valence-corrected chi connectivity index (χ3v) is 11.2. The molecule has 1 aromatic carbocycles. The first-order valence-electron chi connectivity index (χ1n) is 14.7. The minimum atomic E-state index is -1.07. The number of carbonyl (C=O) groups excluding carboxylic acids is 2. The van der Waals surface area contributed by atoms with E-state index in [2.05, 4.69) is 24.0 Å². The number of ether oxygens (including phenoxy) is 3. The molecule has 3 saturated carbocycles. The maximum absolute atomic E-state index is 13.1. The second-order valence-corrected chi connectivity index (χ2v) is 13.0. The molecule has 5 aliphatic rings. The van der Waals surface area contributed by atoms with Gasteiger partial charge in [-0.15, -0.1) is 0 Å². The topological polar surface area (TPSA) is 85.3 Å². The van der Waals surface area contributed by atoms with E-state index in [0.29, 0.717) is 32.5 Å². The van der Waals surface area contributed by atoms with Crippen LogP contribution in [0.2, 0.25) is 0 Å². The number of hydrogen-bond donors (Lipinski definition) is 1. The highest BCUT2D eigenvalue weighted by Gasteiger charge is 2.68. The average molecular weight is 538 g/mol. The van der Waals surface area contributed by atoms with E-state index in [0.717, 1.165) is 48.9 Å². The lowest BCUT2D eigenvalue weighted by molar-refractivity contribution is -0.226. The molecule has 0 amide bonds. The van der Waals surface area contributed by atoms with E-state index >= 15 is 0 Å². The van der Waals surface area contributed by atoms with Gasteiger partial charge in [0, 0.05) is 38.5 Å². The maximum Gasteiger partial charge on any atom is 0.303 e. The van der Waals surface area contributed by atoms with Gasteiger partial charge in [-0.3, -0.25) is 9.59 Å². The molecule has 39 heavy (non-hydrogen) atoms. The predicted molar refractivity (Wildman–Crippen MR) is 147 cm³/mol. The van der Waals surface area contributed by atoms with Crippen molar-refractivity contribution in [3.8, 4) is 0 Å². The van der Waals surface area contributed by atoms with Crippen LogP contribution in [0.3, 0.4) is 0 Å². The fourth-order valence-electron chi connectivity index (χ4n) is 9.65. The van der Waals surface area contributed by atoms with E-state index in [1.165, 1.54) is 12.5 Å². The molecular weight excluding hydrogens is 494 g/mol. The molecule has 1 spiro atoms. The summed E-state index contributed by atoms with van der Waals surface area (Å²) in [5, 5.41) is 12.8. The predicted octanol–water partition coefficient (Wildman–Crippen LogP) is 4.91. The van der Waals surface area contributed by atoms with E-state index in [-0.39, 0.29) is 29.5 Å². The van der Waals surface area contributed by atoms with E-state index in [1.807, 2.05) is 26.2 Å². The van der Waals surface area contributed by atoms with Crippen LogP contribution < -0.4 is 4.90 Å². The van der Waals surface area contributed by atoms with Crippen molar-refractivity contribution in [1.82, 2.24) is 0 Å². The van der Waals surface area contributed by atoms with Gasteiger partial charge in [0.1, 0.15) is 0 Å². The number of aliphatic hydroxyl groups is 1. The Hall–Kier alpha value is -2.22. The highest BCUT2D eigenvalue weighted by atomic mass is 16.7.